The Balaban J connectivity index is 2.93. The number of hydrogen-bond donors (Lipinski definition) is 1. The number of halogens is 2. The summed E-state index contributed by atoms with van der Waals surface area (Å²) >= 11 is 0. The minimum absolute atomic E-state index is 0.000515. The van der Waals surface area contributed by atoms with Crippen molar-refractivity contribution in [3.05, 3.63) is 35.4 Å². The monoisotopic (exact) mass is 298 g/mol. The van der Waals surface area contributed by atoms with E-state index in [1.807, 2.05) is 6.07 Å². The summed E-state index contributed by atoms with van der Waals surface area (Å²) in [5.41, 5.74) is 6.91. The lowest BCUT2D eigenvalue weighted by Gasteiger charge is -2.35. The second-order valence-electron chi connectivity index (χ2n) is 5.76. The average molecular weight is 298 g/mol. The molecule has 0 aliphatic heterocycles. The van der Waals surface area contributed by atoms with E-state index in [1.54, 1.807) is 12.1 Å². The van der Waals surface area contributed by atoms with Gasteiger partial charge >= 0.3 is 0 Å². The van der Waals surface area contributed by atoms with Crippen LogP contribution in [0.2, 0.25) is 0 Å². The molecule has 0 aliphatic carbocycles. The van der Waals surface area contributed by atoms with Crippen LogP contribution >= 0.6 is 0 Å². The van der Waals surface area contributed by atoms with Crippen molar-refractivity contribution in [1.82, 2.24) is 4.90 Å². The van der Waals surface area contributed by atoms with Gasteiger partial charge in [-0.25, -0.2) is 8.78 Å². The van der Waals surface area contributed by atoms with Crippen molar-refractivity contribution in [1.29, 1.82) is 0 Å². The van der Waals surface area contributed by atoms with Gasteiger partial charge in [0.05, 0.1) is 0 Å². The zero-order valence-corrected chi connectivity index (χ0v) is 13.4. The van der Waals surface area contributed by atoms with Gasteiger partial charge < -0.3 is 5.73 Å². The largest absolute Gasteiger partial charge is 0.329 e. The summed E-state index contributed by atoms with van der Waals surface area (Å²) in [7, 11) is 0. The quantitative estimate of drug-likeness (QED) is 0.679. The third kappa shape index (κ3) is 5.36. The molecule has 1 rings (SSSR count). The predicted octanol–water partition coefficient (Wildman–Crippen LogP) is 4.52. The molecule has 1 aromatic carbocycles. The van der Waals surface area contributed by atoms with Gasteiger partial charge in [-0.1, -0.05) is 38.0 Å². The number of nitrogens with two attached hydrogens (primary N) is 1. The molecule has 2 nitrogen and oxygen atoms in total. The van der Waals surface area contributed by atoms with E-state index in [9.17, 15) is 8.78 Å². The minimum Gasteiger partial charge on any atom is -0.329 e. The maximum Gasteiger partial charge on any atom is 0.263 e. The van der Waals surface area contributed by atoms with E-state index >= 15 is 0 Å². The van der Waals surface area contributed by atoms with E-state index in [2.05, 4.69) is 25.7 Å². The summed E-state index contributed by atoms with van der Waals surface area (Å²) in [5, 5.41) is 0. The average Bonchev–Trinajstić information content (AvgIpc) is 2.46. The third-order valence-corrected chi connectivity index (χ3v) is 3.85. The first-order valence-corrected chi connectivity index (χ1v) is 7.85. The molecule has 0 spiro atoms. The van der Waals surface area contributed by atoms with Gasteiger partial charge in [-0.15, -0.1) is 0 Å². The first kappa shape index (κ1) is 18.1. The number of nitrogens with zero attached hydrogens (tertiary/aromatic N) is 1. The molecule has 0 aromatic heterocycles. The summed E-state index contributed by atoms with van der Waals surface area (Å²) in [6, 6.07) is 7.00. The maximum atomic E-state index is 12.9. The van der Waals surface area contributed by atoms with Gasteiger partial charge in [-0.05, 0) is 38.4 Å². The van der Waals surface area contributed by atoms with Crippen LogP contribution in [0.15, 0.2) is 24.3 Å². The molecule has 21 heavy (non-hydrogen) atoms. The van der Waals surface area contributed by atoms with E-state index in [0.29, 0.717) is 12.6 Å². The van der Waals surface area contributed by atoms with Crippen molar-refractivity contribution < 1.29 is 8.78 Å². The molecule has 2 N–H and O–H groups in total. The van der Waals surface area contributed by atoms with Gasteiger partial charge in [0.2, 0.25) is 0 Å². The van der Waals surface area contributed by atoms with Crippen molar-refractivity contribution >= 4 is 0 Å². The highest BCUT2D eigenvalue weighted by Gasteiger charge is 2.22. The van der Waals surface area contributed by atoms with Crippen LogP contribution in [0.4, 0.5) is 8.78 Å². The van der Waals surface area contributed by atoms with E-state index in [0.717, 1.165) is 18.5 Å². The Bertz CT molecular complexity index is 408. The van der Waals surface area contributed by atoms with E-state index in [1.165, 1.54) is 18.9 Å². The van der Waals surface area contributed by atoms with Crippen LogP contribution in [0.5, 0.6) is 0 Å². The zero-order valence-electron chi connectivity index (χ0n) is 13.4. The lowest BCUT2D eigenvalue weighted by Crippen LogP contribution is -2.39. The van der Waals surface area contributed by atoms with Crippen molar-refractivity contribution in [2.24, 2.45) is 5.73 Å². The molecule has 1 atom stereocenters. The number of alkyl halides is 2. The van der Waals surface area contributed by atoms with Crippen LogP contribution in [0.25, 0.3) is 0 Å². The van der Waals surface area contributed by atoms with Crippen molar-refractivity contribution in [2.75, 3.05) is 13.1 Å². The molecule has 0 radical (unpaired) electrons. The van der Waals surface area contributed by atoms with Crippen molar-refractivity contribution in [3.63, 3.8) is 0 Å². The molecule has 0 fully saturated rings. The van der Waals surface area contributed by atoms with Crippen LogP contribution < -0.4 is 5.73 Å². The highest BCUT2D eigenvalue weighted by Crippen LogP contribution is 2.27. The van der Waals surface area contributed by atoms with Crippen molar-refractivity contribution in [2.45, 2.75) is 58.5 Å². The summed E-state index contributed by atoms with van der Waals surface area (Å²) in [4.78, 5) is 2.32. The Morgan fingerprint density at radius 2 is 1.81 bits per heavy atom. The number of hydrogen-bond acceptors (Lipinski definition) is 2. The van der Waals surface area contributed by atoms with Crippen LogP contribution in [-0.4, -0.2) is 24.0 Å². The SMILES string of the molecule is CCCCCN(C(C)C)C(CN)c1cccc(C(F)F)c1. The zero-order chi connectivity index (χ0) is 15.8. The van der Waals surface area contributed by atoms with Gasteiger partial charge in [0.1, 0.15) is 0 Å². The molecule has 0 heterocycles. The molecule has 0 bridgehead atoms. The lowest BCUT2D eigenvalue weighted by atomic mass is 10.0. The van der Waals surface area contributed by atoms with Crippen LogP contribution in [-0.2, 0) is 0 Å². The molecular weight excluding hydrogens is 270 g/mol. The molecule has 120 valence electrons. The first-order valence-electron chi connectivity index (χ1n) is 7.85. The molecule has 4 heteroatoms. The Kier molecular flexibility index (Phi) is 7.83. The third-order valence-electron chi connectivity index (χ3n) is 3.85. The standard InChI is InChI=1S/C17H28F2N2/c1-4-5-6-10-21(13(2)3)16(12-20)14-8-7-9-15(11-14)17(18)19/h7-9,11,13,16-17H,4-6,10,12,20H2,1-3H3. The highest BCUT2D eigenvalue weighted by atomic mass is 19.3. The van der Waals surface area contributed by atoms with E-state index in [-0.39, 0.29) is 11.6 Å². The van der Waals surface area contributed by atoms with Gasteiger partial charge in [-0.3, -0.25) is 4.90 Å². The van der Waals surface area contributed by atoms with Gasteiger partial charge in [0.15, 0.2) is 0 Å². The topological polar surface area (TPSA) is 29.3 Å². The first-order chi connectivity index (χ1) is 10.0. The van der Waals surface area contributed by atoms with Crippen LogP contribution in [0.3, 0.4) is 0 Å². The molecule has 1 unspecified atom stereocenters. The molecule has 0 saturated heterocycles. The van der Waals surface area contributed by atoms with E-state index < -0.39 is 6.43 Å². The molecule has 0 aliphatic rings. The maximum absolute atomic E-state index is 12.9. The van der Waals surface area contributed by atoms with Gasteiger partial charge in [0, 0.05) is 24.2 Å². The Morgan fingerprint density at radius 3 is 2.33 bits per heavy atom. The van der Waals surface area contributed by atoms with Crippen LogP contribution in [0, 0.1) is 0 Å². The molecule has 0 amide bonds. The molecule has 0 saturated carbocycles. The minimum atomic E-state index is -2.43. The van der Waals surface area contributed by atoms with Crippen LogP contribution in [0.1, 0.15) is 63.6 Å². The summed E-state index contributed by atoms with van der Waals surface area (Å²) in [5.74, 6) is 0. The van der Waals surface area contributed by atoms with Gasteiger partial charge in [-0.2, -0.15) is 0 Å². The Labute approximate surface area is 127 Å². The van der Waals surface area contributed by atoms with E-state index in [4.69, 9.17) is 5.73 Å². The van der Waals surface area contributed by atoms with Gasteiger partial charge in [0.25, 0.3) is 6.43 Å². The lowest BCUT2D eigenvalue weighted by molar-refractivity contribution is 0.147. The second-order valence-corrected chi connectivity index (χ2v) is 5.76. The number of benzene rings is 1. The normalized spacial score (nSPS) is 13.4. The summed E-state index contributed by atoms with van der Waals surface area (Å²) in [6.45, 7) is 7.83. The fourth-order valence-electron chi connectivity index (χ4n) is 2.68. The fraction of sp³-hybridized carbons (Fsp3) is 0.647. The predicted molar refractivity (Wildman–Crippen MR) is 84.6 cm³/mol. The highest BCUT2D eigenvalue weighted by molar-refractivity contribution is 5.27. The molecular formula is C17H28F2N2. The Hall–Kier alpha value is -1.00. The number of unbranched alkanes of at least 4 members (excludes halogenated alkanes) is 2. The summed E-state index contributed by atoms with van der Waals surface area (Å²) in [6.07, 6.45) is 1.02. The smallest absolute Gasteiger partial charge is 0.263 e. The summed E-state index contributed by atoms with van der Waals surface area (Å²) < 4.78 is 25.8. The fourth-order valence-corrected chi connectivity index (χ4v) is 2.68. The molecule has 1 aromatic rings. The Morgan fingerprint density at radius 1 is 1.14 bits per heavy atom. The second kappa shape index (κ2) is 9.11. The van der Waals surface area contributed by atoms with Crippen molar-refractivity contribution in [3.8, 4) is 0 Å². The number of rotatable bonds is 9.